The van der Waals surface area contributed by atoms with Gasteiger partial charge in [0.05, 0.1) is 45.2 Å². The quantitative estimate of drug-likeness (QED) is 0.322. The molecule has 3 N–H and O–H groups in total. The molecular formula is C27H24F3N3O5S. The van der Waals surface area contributed by atoms with Crippen LogP contribution < -0.4 is 4.74 Å². The molecule has 0 bridgehead atoms. The van der Waals surface area contributed by atoms with Gasteiger partial charge in [-0.25, -0.2) is 14.0 Å². The zero-order valence-electron chi connectivity index (χ0n) is 20.6. The van der Waals surface area contributed by atoms with Gasteiger partial charge in [-0.3, -0.25) is 0 Å². The normalized spacial score (nSPS) is 24.5. The first-order chi connectivity index (χ1) is 18.5. The maximum atomic E-state index is 14.1. The fraction of sp³-hybridized carbons (Fsp3) is 0.296. The highest BCUT2D eigenvalue weighted by atomic mass is 32.2. The summed E-state index contributed by atoms with van der Waals surface area (Å²) in [5.41, 5.74) is 1.18. The number of pyridine rings is 1. The van der Waals surface area contributed by atoms with Crippen LogP contribution in [0.15, 0.2) is 65.6 Å². The summed E-state index contributed by atoms with van der Waals surface area (Å²) in [5, 5.41) is 9.92. The highest BCUT2D eigenvalue weighted by Crippen LogP contribution is 2.39. The van der Waals surface area contributed by atoms with Crippen LogP contribution in [0, 0.1) is 4.78 Å². The van der Waals surface area contributed by atoms with Gasteiger partial charge in [-0.15, -0.1) is 0 Å². The molecule has 0 saturated carbocycles. The van der Waals surface area contributed by atoms with Crippen molar-refractivity contribution >= 4 is 20.8 Å². The number of nitrogens with one attached hydrogen (secondary N) is 2. The zero-order chi connectivity index (χ0) is 27.5. The van der Waals surface area contributed by atoms with Crippen molar-refractivity contribution in [3.8, 4) is 28.3 Å². The van der Waals surface area contributed by atoms with E-state index in [1.54, 1.807) is 48.5 Å². The molecule has 39 heavy (non-hydrogen) atoms. The second kappa shape index (κ2) is 9.33. The molecule has 4 heterocycles. The zero-order valence-corrected chi connectivity index (χ0v) is 21.4. The molecule has 1 unspecified atom stereocenters. The minimum atomic E-state index is -4.65. The number of aliphatic hydroxyl groups is 1. The Balaban J connectivity index is 1.31. The van der Waals surface area contributed by atoms with Gasteiger partial charge < -0.3 is 24.3 Å². The first-order valence-electron chi connectivity index (χ1n) is 12.1. The number of hydrogen-bond donors (Lipinski definition) is 3. The minimum Gasteiger partial charge on any atom is -0.470 e. The lowest BCUT2D eigenvalue weighted by molar-refractivity contribution is -0.137. The summed E-state index contributed by atoms with van der Waals surface area (Å²) in [6.07, 6.45) is -5.53. The first kappa shape index (κ1) is 25.8. The number of halogens is 3. The molecule has 4 aromatic rings. The Bertz CT molecular complexity index is 1640. The number of hydrogen-bond acceptors (Lipinski definition) is 7. The number of aromatic nitrogens is 2. The SMILES string of the molecule is CS(=N)(=O)c1ccc(-c2ccc(-c3nc4cc(O[C@@H]5CO[C@H]6[C@@H]5OC[C@H]6O)[nH]c4cc3C(F)(F)F)cc2)cc1. The Hall–Kier alpha value is -3.45. The number of rotatable bonds is 5. The summed E-state index contributed by atoms with van der Waals surface area (Å²) in [6, 6.07) is 15.8. The molecule has 2 aromatic carbocycles. The number of ether oxygens (including phenoxy) is 3. The molecule has 6 rings (SSSR count). The lowest BCUT2D eigenvalue weighted by atomic mass is 10.00. The fourth-order valence-electron chi connectivity index (χ4n) is 4.97. The largest absolute Gasteiger partial charge is 0.470 e. The van der Waals surface area contributed by atoms with Crippen LogP contribution in [0.3, 0.4) is 0 Å². The number of benzene rings is 2. The maximum absolute atomic E-state index is 14.1. The Morgan fingerprint density at radius 1 is 1.00 bits per heavy atom. The minimum absolute atomic E-state index is 0.136. The van der Waals surface area contributed by atoms with Crippen molar-refractivity contribution in [3.05, 3.63) is 66.2 Å². The molecule has 2 aliphatic rings. The van der Waals surface area contributed by atoms with Gasteiger partial charge in [0.1, 0.15) is 18.3 Å². The number of aromatic amines is 1. The van der Waals surface area contributed by atoms with Gasteiger partial charge in [0, 0.05) is 22.8 Å². The van der Waals surface area contributed by atoms with E-state index in [0.717, 1.165) is 17.2 Å². The number of alkyl halides is 3. The number of fused-ring (bicyclic) bond motifs is 2. The first-order valence-corrected chi connectivity index (χ1v) is 14.1. The van der Waals surface area contributed by atoms with Crippen LogP contribution in [0.25, 0.3) is 33.4 Å². The number of aliphatic hydroxyl groups excluding tert-OH is 1. The maximum Gasteiger partial charge on any atom is 0.418 e. The molecule has 0 spiro atoms. The van der Waals surface area contributed by atoms with Crippen molar-refractivity contribution in [1.82, 2.24) is 9.97 Å². The summed E-state index contributed by atoms with van der Waals surface area (Å²) in [5.74, 6) is 0.226. The van der Waals surface area contributed by atoms with E-state index in [0.29, 0.717) is 10.4 Å². The third kappa shape index (κ3) is 4.89. The van der Waals surface area contributed by atoms with E-state index >= 15 is 0 Å². The summed E-state index contributed by atoms with van der Waals surface area (Å²) in [6.45, 7) is 0.321. The Morgan fingerprint density at radius 2 is 1.62 bits per heavy atom. The van der Waals surface area contributed by atoms with Gasteiger partial charge in [0.25, 0.3) is 0 Å². The van der Waals surface area contributed by atoms with E-state index in [9.17, 15) is 22.5 Å². The predicted octanol–water partition coefficient (Wildman–Crippen LogP) is 4.86. The predicted molar refractivity (Wildman–Crippen MR) is 137 cm³/mol. The number of nitrogens with zero attached hydrogens (tertiary/aromatic N) is 1. The van der Waals surface area contributed by atoms with Crippen molar-refractivity contribution < 1.29 is 36.7 Å². The van der Waals surface area contributed by atoms with Crippen LogP contribution in [0.4, 0.5) is 13.2 Å². The van der Waals surface area contributed by atoms with Gasteiger partial charge in [-0.1, -0.05) is 36.4 Å². The van der Waals surface area contributed by atoms with E-state index in [2.05, 4.69) is 9.97 Å². The average molecular weight is 560 g/mol. The van der Waals surface area contributed by atoms with E-state index in [1.165, 1.54) is 12.3 Å². The van der Waals surface area contributed by atoms with Crippen molar-refractivity contribution in [1.29, 1.82) is 4.78 Å². The molecular weight excluding hydrogens is 535 g/mol. The molecule has 0 aliphatic carbocycles. The van der Waals surface area contributed by atoms with Gasteiger partial charge in [0.2, 0.25) is 0 Å². The van der Waals surface area contributed by atoms with E-state index in [1.807, 2.05) is 0 Å². The third-order valence-electron chi connectivity index (χ3n) is 6.94. The van der Waals surface area contributed by atoms with E-state index in [-0.39, 0.29) is 35.9 Å². The van der Waals surface area contributed by atoms with Gasteiger partial charge in [-0.05, 0) is 29.3 Å². The topological polar surface area (TPSA) is 118 Å². The van der Waals surface area contributed by atoms with E-state index < -0.39 is 45.9 Å². The highest BCUT2D eigenvalue weighted by Gasteiger charge is 2.48. The molecule has 2 fully saturated rings. The van der Waals surface area contributed by atoms with E-state index in [4.69, 9.17) is 19.0 Å². The molecule has 0 amide bonds. The lowest BCUT2D eigenvalue weighted by Gasteiger charge is -2.16. The molecule has 204 valence electrons. The molecule has 12 heteroatoms. The molecule has 2 aromatic heterocycles. The number of H-pyrrole nitrogens is 1. The highest BCUT2D eigenvalue weighted by molar-refractivity contribution is 7.91. The van der Waals surface area contributed by atoms with Crippen LogP contribution >= 0.6 is 0 Å². The van der Waals surface area contributed by atoms with Gasteiger partial charge >= 0.3 is 6.18 Å². The summed E-state index contributed by atoms with van der Waals surface area (Å²) < 4.78 is 78.9. The van der Waals surface area contributed by atoms with Crippen molar-refractivity contribution in [2.75, 3.05) is 19.5 Å². The standard InChI is InChI=1S/C27H24F3N3O5S/c1-39(31,35)17-8-6-15(7-9-17)14-2-4-16(5-3-14)24-18(27(28,29)30)10-19-20(33-24)11-23(32-19)38-22-13-37-25-21(34)12-36-26(22)25/h2-11,21-22,25-26,31-32,34H,12-13H2,1H3/t21-,22-,25-,26-,39?/m1/s1. The van der Waals surface area contributed by atoms with Crippen molar-refractivity contribution in [3.63, 3.8) is 0 Å². The lowest BCUT2D eigenvalue weighted by Crippen LogP contribution is -2.34. The molecule has 0 radical (unpaired) electrons. The molecule has 8 nitrogen and oxygen atoms in total. The van der Waals surface area contributed by atoms with Crippen LogP contribution in [0.2, 0.25) is 0 Å². The van der Waals surface area contributed by atoms with Crippen LogP contribution in [-0.4, -0.2) is 63.2 Å². The second-order valence-electron chi connectivity index (χ2n) is 9.71. The molecule has 5 atom stereocenters. The van der Waals surface area contributed by atoms with Gasteiger partial charge in [-0.2, -0.15) is 13.2 Å². The Morgan fingerprint density at radius 3 is 2.26 bits per heavy atom. The molecule has 2 aliphatic heterocycles. The smallest absolute Gasteiger partial charge is 0.418 e. The van der Waals surface area contributed by atoms with Gasteiger partial charge in [0.15, 0.2) is 12.0 Å². The van der Waals surface area contributed by atoms with Crippen LogP contribution in [0.1, 0.15) is 5.56 Å². The monoisotopic (exact) mass is 559 g/mol. The Kier molecular flexibility index (Phi) is 6.18. The summed E-state index contributed by atoms with van der Waals surface area (Å²) >= 11 is 0. The third-order valence-corrected chi connectivity index (χ3v) is 8.11. The Labute approximate surface area is 221 Å². The van der Waals surface area contributed by atoms with Crippen LogP contribution in [-0.2, 0) is 25.4 Å². The van der Waals surface area contributed by atoms with Crippen molar-refractivity contribution in [2.45, 2.75) is 35.5 Å². The fourth-order valence-corrected chi connectivity index (χ4v) is 5.62. The second-order valence-corrected chi connectivity index (χ2v) is 11.9. The molecule has 2 saturated heterocycles. The summed E-state index contributed by atoms with van der Waals surface area (Å²) in [4.78, 5) is 7.60. The summed E-state index contributed by atoms with van der Waals surface area (Å²) in [7, 11) is -2.84. The average Bonchev–Trinajstić information content (AvgIpc) is 3.59. The van der Waals surface area contributed by atoms with Crippen LogP contribution in [0.5, 0.6) is 5.88 Å². The van der Waals surface area contributed by atoms with Crippen molar-refractivity contribution in [2.24, 2.45) is 0 Å².